The Hall–Kier alpha value is -3.02. The summed E-state index contributed by atoms with van der Waals surface area (Å²) >= 11 is 0. The molecular weight excluding hydrogens is 306 g/mol. The van der Waals surface area contributed by atoms with E-state index < -0.39 is 5.69 Å². The molecule has 0 atom stereocenters. The van der Waals surface area contributed by atoms with Gasteiger partial charge in [0.2, 0.25) is 0 Å². The van der Waals surface area contributed by atoms with Crippen LogP contribution in [-0.4, -0.2) is 31.2 Å². The van der Waals surface area contributed by atoms with Crippen LogP contribution < -0.4 is 20.9 Å². The first kappa shape index (κ1) is 15.9. The molecule has 2 aromatic carbocycles. The second kappa shape index (κ2) is 6.23. The van der Waals surface area contributed by atoms with Crippen molar-refractivity contribution in [3.63, 3.8) is 0 Å². The van der Waals surface area contributed by atoms with E-state index in [1.807, 2.05) is 49.3 Å². The number of benzene rings is 2. The molecule has 3 aromatic rings. The zero-order valence-electron chi connectivity index (χ0n) is 13.8. The summed E-state index contributed by atoms with van der Waals surface area (Å²) in [4.78, 5) is 30.0. The molecule has 0 aliphatic carbocycles. The molecule has 24 heavy (non-hydrogen) atoms. The van der Waals surface area contributed by atoms with E-state index in [9.17, 15) is 9.59 Å². The molecule has 1 heterocycles. The average Bonchev–Trinajstić information content (AvgIpc) is 2.56. The van der Waals surface area contributed by atoms with Gasteiger partial charge in [0.15, 0.2) is 0 Å². The number of aromatic amines is 2. The molecule has 124 valence electrons. The molecule has 2 N–H and O–H groups in total. The van der Waals surface area contributed by atoms with Gasteiger partial charge in [-0.1, -0.05) is 24.3 Å². The number of anilines is 1. The number of nitrogens with one attached hydrogen (secondary N) is 2. The number of ether oxygens (including phenoxy) is 1. The highest BCUT2D eigenvalue weighted by molar-refractivity contribution is 5.99. The molecule has 0 unspecified atom stereocenters. The molecule has 0 spiro atoms. The second-order valence-corrected chi connectivity index (χ2v) is 5.80. The SMILES string of the molecule is COc1cc(Cc2c[nH]c(=O)[nH]c2=O)c2ccccc2c1N(C)C. The summed E-state index contributed by atoms with van der Waals surface area (Å²) < 4.78 is 5.56. The Morgan fingerprint density at radius 2 is 1.79 bits per heavy atom. The molecule has 0 saturated heterocycles. The van der Waals surface area contributed by atoms with Gasteiger partial charge in [-0.15, -0.1) is 0 Å². The molecule has 3 rings (SSSR count). The fraction of sp³-hybridized carbons (Fsp3) is 0.222. The van der Waals surface area contributed by atoms with Crippen LogP contribution in [0.15, 0.2) is 46.1 Å². The first-order valence-electron chi connectivity index (χ1n) is 7.58. The lowest BCUT2D eigenvalue weighted by Gasteiger charge is -2.21. The van der Waals surface area contributed by atoms with Gasteiger partial charge in [0.25, 0.3) is 5.56 Å². The van der Waals surface area contributed by atoms with Crippen molar-refractivity contribution in [3.05, 3.63) is 68.5 Å². The number of rotatable bonds is 4. The van der Waals surface area contributed by atoms with Crippen molar-refractivity contribution in [3.8, 4) is 5.75 Å². The minimum atomic E-state index is -0.505. The Kier molecular flexibility index (Phi) is 4.12. The topological polar surface area (TPSA) is 78.2 Å². The van der Waals surface area contributed by atoms with Crippen molar-refractivity contribution in [2.75, 3.05) is 26.1 Å². The molecule has 6 heteroatoms. The lowest BCUT2D eigenvalue weighted by Crippen LogP contribution is -2.24. The van der Waals surface area contributed by atoms with Gasteiger partial charge in [-0.3, -0.25) is 9.78 Å². The molecule has 0 amide bonds. The van der Waals surface area contributed by atoms with Gasteiger partial charge < -0.3 is 14.6 Å². The normalized spacial score (nSPS) is 10.8. The third-order valence-electron chi connectivity index (χ3n) is 4.01. The number of methoxy groups -OCH3 is 1. The van der Waals surface area contributed by atoms with Crippen LogP contribution in [0.4, 0.5) is 5.69 Å². The first-order valence-corrected chi connectivity index (χ1v) is 7.58. The van der Waals surface area contributed by atoms with E-state index in [1.165, 1.54) is 6.20 Å². The van der Waals surface area contributed by atoms with Crippen molar-refractivity contribution in [2.24, 2.45) is 0 Å². The van der Waals surface area contributed by atoms with Crippen LogP contribution >= 0.6 is 0 Å². The van der Waals surface area contributed by atoms with Crippen LogP contribution in [0.5, 0.6) is 5.75 Å². The number of hydrogen-bond acceptors (Lipinski definition) is 4. The standard InChI is InChI=1S/C18H19N3O3/c1-21(2)16-14-7-5-4-6-13(14)11(9-15(16)24-3)8-12-10-19-18(23)20-17(12)22/h4-7,9-10H,8H2,1-3H3,(H2,19,20,22,23). The number of H-pyrrole nitrogens is 2. The first-order chi connectivity index (χ1) is 11.5. The molecule has 0 radical (unpaired) electrons. The molecule has 0 fully saturated rings. The molecule has 0 aliphatic heterocycles. The third kappa shape index (κ3) is 2.78. The van der Waals surface area contributed by atoms with E-state index in [2.05, 4.69) is 9.97 Å². The fourth-order valence-corrected chi connectivity index (χ4v) is 2.94. The van der Waals surface area contributed by atoms with Crippen LogP contribution in [0, 0.1) is 0 Å². The third-order valence-corrected chi connectivity index (χ3v) is 4.01. The summed E-state index contributed by atoms with van der Waals surface area (Å²) in [5.41, 5.74) is 1.57. The van der Waals surface area contributed by atoms with Gasteiger partial charge in [-0.05, 0) is 17.0 Å². The smallest absolute Gasteiger partial charge is 0.325 e. The van der Waals surface area contributed by atoms with Crippen LogP contribution in [0.2, 0.25) is 0 Å². The van der Waals surface area contributed by atoms with Crippen LogP contribution in [0.25, 0.3) is 10.8 Å². The summed E-state index contributed by atoms with van der Waals surface area (Å²) in [6, 6.07) is 9.95. The Morgan fingerprint density at radius 3 is 2.42 bits per heavy atom. The van der Waals surface area contributed by atoms with E-state index in [0.29, 0.717) is 12.0 Å². The minimum Gasteiger partial charge on any atom is -0.495 e. The van der Waals surface area contributed by atoms with Gasteiger partial charge in [-0.25, -0.2) is 4.79 Å². The summed E-state index contributed by atoms with van der Waals surface area (Å²) in [5.74, 6) is 0.745. The van der Waals surface area contributed by atoms with Crippen LogP contribution in [0.1, 0.15) is 11.1 Å². The summed E-state index contributed by atoms with van der Waals surface area (Å²) in [5, 5.41) is 2.10. The fourth-order valence-electron chi connectivity index (χ4n) is 2.94. The second-order valence-electron chi connectivity index (χ2n) is 5.80. The largest absolute Gasteiger partial charge is 0.495 e. The Morgan fingerprint density at radius 1 is 1.08 bits per heavy atom. The van der Waals surface area contributed by atoms with Crippen molar-refractivity contribution in [1.29, 1.82) is 0 Å². The number of aromatic nitrogens is 2. The van der Waals surface area contributed by atoms with Gasteiger partial charge in [0.05, 0.1) is 12.8 Å². The van der Waals surface area contributed by atoms with Crippen molar-refractivity contribution in [2.45, 2.75) is 6.42 Å². The van der Waals surface area contributed by atoms with Gasteiger partial charge in [0.1, 0.15) is 5.75 Å². The van der Waals surface area contributed by atoms with Crippen LogP contribution in [0.3, 0.4) is 0 Å². The Balaban J connectivity index is 2.23. The maximum Gasteiger partial charge on any atom is 0.325 e. The number of hydrogen-bond donors (Lipinski definition) is 2. The molecule has 0 bridgehead atoms. The predicted molar refractivity (Wildman–Crippen MR) is 95.3 cm³/mol. The average molecular weight is 325 g/mol. The highest BCUT2D eigenvalue weighted by atomic mass is 16.5. The quantitative estimate of drug-likeness (QED) is 0.768. The van der Waals surface area contributed by atoms with Crippen molar-refractivity contribution >= 4 is 16.5 Å². The summed E-state index contributed by atoms with van der Waals surface area (Å²) in [6.07, 6.45) is 1.86. The zero-order chi connectivity index (χ0) is 17.3. The maximum absolute atomic E-state index is 12.0. The lowest BCUT2D eigenvalue weighted by atomic mass is 9.97. The predicted octanol–water partition coefficient (Wildman–Crippen LogP) is 1.88. The Labute approximate surface area is 138 Å². The van der Waals surface area contributed by atoms with Crippen molar-refractivity contribution < 1.29 is 4.74 Å². The van der Waals surface area contributed by atoms with E-state index in [1.54, 1.807) is 7.11 Å². The van der Waals surface area contributed by atoms with E-state index in [-0.39, 0.29) is 5.56 Å². The minimum absolute atomic E-state index is 0.376. The van der Waals surface area contributed by atoms with Gasteiger partial charge in [-0.2, -0.15) is 0 Å². The van der Waals surface area contributed by atoms with E-state index in [0.717, 1.165) is 27.8 Å². The molecule has 0 saturated carbocycles. The molecular formula is C18H19N3O3. The summed E-state index contributed by atoms with van der Waals surface area (Å²) in [6.45, 7) is 0. The number of fused-ring (bicyclic) bond motifs is 1. The highest BCUT2D eigenvalue weighted by Crippen LogP contribution is 2.38. The Bertz CT molecular complexity index is 1000. The molecule has 0 aliphatic rings. The van der Waals surface area contributed by atoms with Crippen molar-refractivity contribution in [1.82, 2.24) is 9.97 Å². The van der Waals surface area contributed by atoms with Gasteiger partial charge >= 0.3 is 5.69 Å². The number of nitrogens with zero attached hydrogens (tertiary/aromatic N) is 1. The lowest BCUT2D eigenvalue weighted by molar-refractivity contribution is 0.415. The molecule has 6 nitrogen and oxygen atoms in total. The monoisotopic (exact) mass is 325 g/mol. The van der Waals surface area contributed by atoms with Gasteiger partial charge in [0, 0.05) is 37.7 Å². The summed E-state index contributed by atoms with van der Waals surface area (Å²) in [7, 11) is 5.57. The maximum atomic E-state index is 12.0. The van der Waals surface area contributed by atoms with E-state index in [4.69, 9.17) is 4.74 Å². The molecule has 1 aromatic heterocycles. The highest BCUT2D eigenvalue weighted by Gasteiger charge is 2.15. The zero-order valence-corrected chi connectivity index (χ0v) is 13.8. The van der Waals surface area contributed by atoms with E-state index >= 15 is 0 Å². The van der Waals surface area contributed by atoms with Crippen LogP contribution in [-0.2, 0) is 6.42 Å².